The topological polar surface area (TPSA) is 34.1 Å². The van der Waals surface area contributed by atoms with Crippen molar-refractivity contribution in [2.75, 3.05) is 0 Å². The molecule has 0 N–H and O–H groups in total. The van der Waals surface area contributed by atoms with Crippen LogP contribution in [0.4, 0.5) is 0 Å². The molecule has 3 saturated carbocycles. The maximum absolute atomic E-state index is 11.8. The molecule has 0 spiro atoms. The number of allylic oxidation sites excluding steroid dienone is 3. The van der Waals surface area contributed by atoms with E-state index in [0.29, 0.717) is 17.1 Å². The monoisotopic (exact) mass is 312 g/mol. The first-order valence-corrected chi connectivity index (χ1v) is 9.57. The summed E-state index contributed by atoms with van der Waals surface area (Å²) in [6.45, 7) is 2.32. The van der Waals surface area contributed by atoms with Crippen LogP contribution in [-0.2, 0) is 9.59 Å². The van der Waals surface area contributed by atoms with Gasteiger partial charge in [-0.25, -0.2) is 0 Å². The SMILES string of the molecule is CC[C@]12CC[C@H]3[C@@H](CCC4=CC(=O)CC[C@@H]43)[C@@H]1CC/C2=C/C=O. The van der Waals surface area contributed by atoms with Crippen LogP contribution in [0.25, 0.3) is 0 Å². The van der Waals surface area contributed by atoms with Crippen LogP contribution in [0.2, 0.25) is 0 Å². The molecule has 3 fully saturated rings. The highest BCUT2D eigenvalue weighted by Gasteiger charge is 2.55. The van der Waals surface area contributed by atoms with Gasteiger partial charge < -0.3 is 0 Å². The van der Waals surface area contributed by atoms with E-state index in [9.17, 15) is 9.59 Å². The van der Waals surface area contributed by atoms with Gasteiger partial charge in [0.25, 0.3) is 0 Å². The molecular formula is C21H28O2. The van der Waals surface area contributed by atoms with E-state index < -0.39 is 0 Å². The summed E-state index contributed by atoms with van der Waals surface area (Å²) in [6.07, 6.45) is 15.3. The number of rotatable bonds is 2. The van der Waals surface area contributed by atoms with Gasteiger partial charge in [-0.15, -0.1) is 0 Å². The number of aldehydes is 1. The zero-order chi connectivity index (χ0) is 16.0. The normalized spacial score (nSPS) is 44.3. The van der Waals surface area contributed by atoms with Crippen molar-refractivity contribution in [2.24, 2.45) is 29.1 Å². The minimum Gasteiger partial charge on any atom is -0.299 e. The molecule has 0 aliphatic heterocycles. The molecule has 23 heavy (non-hydrogen) atoms. The minimum absolute atomic E-state index is 0.313. The second-order valence-corrected chi connectivity index (χ2v) is 8.22. The third kappa shape index (κ3) is 2.21. The molecule has 0 aromatic carbocycles. The van der Waals surface area contributed by atoms with Gasteiger partial charge in [0.05, 0.1) is 0 Å². The Kier molecular flexibility index (Phi) is 3.82. The second kappa shape index (κ2) is 5.72. The van der Waals surface area contributed by atoms with Gasteiger partial charge in [0.15, 0.2) is 5.78 Å². The molecule has 0 aromatic heterocycles. The van der Waals surface area contributed by atoms with E-state index in [4.69, 9.17) is 0 Å². The van der Waals surface area contributed by atoms with Crippen LogP contribution < -0.4 is 0 Å². The van der Waals surface area contributed by atoms with Gasteiger partial charge >= 0.3 is 0 Å². The number of carbonyl (C=O) groups excluding carboxylic acids is 2. The average Bonchev–Trinajstić information content (AvgIpc) is 2.94. The molecule has 0 heterocycles. The third-order valence-corrected chi connectivity index (χ3v) is 7.77. The zero-order valence-electron chi connectivity index (χ0n) is 14.2. The van der Waals surface area contributed by atoms with Gasteiger partial charge in [0.2, 0.25) is 0 Å². The van der Waals surface area contributed by atoms with Crippen molar-refractivity contribution >= 4 is 12.1 Å². The standard InChI is InChI=1S/C21H28O2/c1-2-21-11-9-18-17-7-5-16(23)13-14(17)3-6-19(18)20(21)8-4-15(21)10-12-22/h10,12-13,17-20H,2-9,11H2,1H3/b15-10-/t17-,18+,19+,20-,21+/m0/s1. The molecule has 0 radical (unpaired) electrons. The number of fused-ring (bicyclic) bond motifs is 5. The predicted molar refractivity (Wildman–Crippen MR) is 90.9 cm³/mol. The molecule has 4 aliphatic carbocycles. The summed E-state index contributed by atoms with van der Waals surface area (Å²) in [5.41, 5.74) is 3.22. The molecule has 0 aromatic rings. The predicted octanol–water partition coefficient (Wildman–Crippen LogP) is 4.64. The molecule has 0 bridgehead atoms. The van der Waals surface area contributed by atoms with Crippen LogP contribution >= 0.6 is 0 Å². The highest BCUT2D eigenvalue weighted by atomic mass is 16.1. The van der Waals surface area contributed by atoms with Crippen LogP contribution in [0.3, 0.4) is 0 Å². The van der Waals surface area contributed by atoms with Crippen molar-refractivity contribution in [3.05, 3.63) is 23.3 Å². The molecule has 4 rings (SSSR count). The largest absolute Gasteiger partial charge is 0.299 e. The molecule has 0 amide bonds. The summed E-state index contributed by atoms with van der Waals surface area (Å²) >= 11 is 0. The van der Waals surface area contributed by atoms with Gasteiger partial charge in [-0.05, 0) is 92.6 Å². The van der Waals surface area contributed by atoms with Gasteiger partial charge in [-0.1, -0.05) is 18.1 Å². The van der Waals surface area contributed by atoms with Gasteiger partial charge in [-0.2, -0.15) is 0 Å². The Labute approximate surface area is 139 Å². The van der Waals surface area contributed by atoms with E-state index in [1.807, 2.05) is 12.2 Å². The van der Waals surface area contributed by atoms with E-state index in [2.05, 4.69) is 6.92 Å². The van der Waals surface area contributed by atoms with E-state index in [1.54, 1.807) is 0 Å². The number of ketones is 1. The molecule has 124 valence electrons. The van der Waals surface area contributed by atoms with Crippen LogP contribution in [-0.4, -0.2) is 12.1 Å². The highest BCUT2D eigenvalue weighted by Crippen LogP contribution is 2.64. The Morgan fingerprint density at radius 2 is 2.00 bits per heavy atom. The van der Waals surface area contributed by atoms with Crippen molar-refractivity contribution in [1.29, 1.82) is 0 Å². The Hall–Kier alpha value is -1.18. The average molecular weight is 312 g/mol. The summed E-state index contributed by atoms with van der Waals surface area (Å²) in [4.78, 5) is 22.8. The van der Waals surface area contributed by atoms with Crippen LogP contribution in [0.5, 0.6) is 0 Å². The molecule has 4 aliphatic rings. The smallest absolute Gasteiger partial charge is 0.155 e. The van der Waals surface area contributed by atoms with Gasteiger partial charge in [0.1, 0.15) is 6.29 Å². The molecule has 2 heteroatoms. The lowest BCUT2D eigenvalue weighted by Crippen LogP contribution is -2.46. The first-order chi connectivity index (χ1) is 11.2. The van der Waals surface area contributed by atoms with Crippen LogP contribution in [0.15, 0.2) is 23.3 Å². The lowest BCUT2D eigenvalue weighted by molar-refractivity contribution is -0.116. The van der Waals surface area contributed by atoms with Crippen LogP contribution in [0, 0.1) is 29.1 Å². The van der Waals surface area contributed by atoms with Crippen molar-refractivity contribution < 1.29 is 9.59 Å². The zero-order valence-corrected chi connectivity index (χ0v) is 14.2. The molecule has 2 nitrogen and oxygen atoms in total. The highest BCUT2D eigenvalue weighted by molar-refractivity contribution is 5.91. The first-order valence-electron chi connectivity index (χ1n) is 9.57. The molecule has 5 atom stereocenters. The Bertz CT molecular complexity index is 585. The summed E-state index contributed by atoms with van der Waals surface area (Å²) in [7, 11) is 0. The fourth-order valence-corrected chi connectivity index (χ4v) is 6.84. The van der Waals surface area contributed by atoms with E-state index in [-0.39, 0.29) is 0 Å². The van der Waals surface area contributed by atoms with Gasteiger partial charge in [-0.3, -0.25) is 9.59 Å². The van der Waals surface area contributed by atoms with E-state index in [1.165, 1.54) is 43.3 Å². The Balaban J connectivity index is 1.65. The Morgan fingerprint density at radius 3 is 2.78 bits per heavy atom. The maximum atomic E-state index is 11.8. The molecular weight excluding hydrogens is 284 g/mol. The summed E-state index contributed by atoms with van der Waals surface area (Å²) in [6, 6.07) is 0. The van der Waals surface area contributed by atoms with Crippen LogP contribution in [0.1, 0.15) is 64.7 Å². The summed E-state index contributed by atoms with van der Waals surface area (Å²) < 4.78 is 0. The lowest BCUT2D eigenvalue weighted by atomic mass is 9.51. The maximum Gasteiger partial charge on any atom is 0.155 e. The van der Waals surface area contributed by atoms with Crippen molar-refractivity contribution in [1.82, 2.24) is 0 Å². The van der Waals surface area contributed by atoms with Crippen molar-refractivity contribution in [2.45, 2.75) is 64.7 Å². The lowest BCUT2D eigenvalue weighted by Gasteiger charge is -2.54. The summed E-state index contributed by atoms with van der Waals surface area (Å²) in [5.74, 6) is 3.42. The third-order valence-electron chi connectivity index (χ3n) is 7.77. The van der Waals surface area contributed by atoms with E-state index >= 15 is 0 Å². The molecule has 0 unspecified atom stereocenters. The Morgan fingerprint density at radius 1 is 1.13 bits per heavy atom. The molecule has 0 saturated heterocycles. The summed E-state index contributed by atoms with van der Waals surface area (Å²) in [5, 5.41) is 0. The number of hydrogen-bond donors (Lipinski definition) is 0. The second-order valence-electron chi connectivity index (χ2n) is 8.22. The first kappa shape index (κ1) is 15.4. The number of carbonyl (C=O) groups is 2. The fourth-order valence-electron chi connectivity index (χ4n) is 6.84. The van der Waals surface area contributed by atoms with E-state index in [0.717, 1.165) is 49.7 Å². The van der Waals surface area contributed by atoms with Crippen molar-refractivity contribution in [3.8, 4) is 0 Å². The van der Waals surface area contributed by atoms with Crippen molar-refractivity contribution in [3.63, 3.8) is 0 Å². The number of hydrogen-bond acceptors (Lipinski definition) is 2. The van der Waals surface area contributed by atoms with Gasteiger partial charge in [0, 0.05) is 6.42 Å². The fraction of sp³-hybridized carbons (Fsp3) is 0.714. The minimum atomic E-state index is 0.313. The quantitative estimate of drug-likeness (QED) is 0.549.